The van der Waals surface area contributed by atoms with Crippen molar-refractivity contribution in [2.45, 2.75) is 63.5 Å². The standard InChI is InChI=1S/C31H37FN6O2/c1-19(24-14-28(40-4)34-17-26(24)32)30(39)38-11-9-31(18-38)8-7-21-13-25(20(2)35-29(21)36-31)22-12-23(16-33-15-22)27-6-5-10-37(27)3/h12-17,19,27H,5-11,18H2,1-4H3,(H,35,36)/t19-,27+,31+/m1/s1. The van der Waals surface area contributed by atoms with Crippen molar-refractivity contribution in [1.82, 2.24) is 24.8 Å². The normalized spacial score (nSPS) is 23.2. The summed E-state index contributed by atoms with van der Waals surface area (Å²) in [7, 11) is 3.67. The number of aromatic nitrogens is 3. The highest BCUT2D eigenvalue weighted by atomic mass is 19.1. The Bertz CT molecular complexity index is 1450. The molecule has 40 heavy (non-hydrogen) atoms. The number of amides is 1. The summed E-state index contributed by atoms with van der Waals surface area (Å²) in [6.07, 6.45) is 10.1. The number of nitrogens with zero attached hydrogens (tertiary/aromatic N) is 5. The Balaban J connectivity index is 1.19. The fraction of sp³-hybridized carbons (Fsp3) is 0.484. The molecule has 3 atom stereocenters. The van der Waals surface area contributed by atoms with E-state index >= 15 is 0 Å². The van der Waals surface area contributed by atoms with E-state index in [-0.39, 0.29) is 11.4 Å². The summed E-state index contributed by atoms with van der Waals surface area (Å²) < 4.78 is 19.7. The number of carbonyl (C=O) groups is 1. The van der Waals surface area contributed by atoms with Crippen molar-refractivity contribution < 1.29 is 13.9 Å². The number of aryl methyl sites for hydroxylation is 2. The summed E-state index contributed by atoms with van der Waals surface area (Å²) in [6, 6.07) is 6.47. The van der Waals surface area contributed by atoms with Crippen LogP contribution < -0.4 is 10.1 Å². The van der Waals surface area contributed by atoms with Crippen LogP contribution in [0.3, 0.4) is 0 Å². The third kappa shape index (κ3) is 4.80. The number of nitrogens with one attached hydrogen (secondary N) is 1. The van der Waals surface area contributed by atoms with Crippen molar-refractivity contribution in [2.75, 3.05) is 39.1 Å². The molecular formula is C31H37FN6O2. The molecule has 3 aliphatic rings. The Labute approximate surface area is 235 Å². The van der Waals surface area contributed by atoms with Gasteiger partial charge in [-0.1, -0.05) is 0 Å². The molecule has 3 aliphatic heterocycles. The maximum atomic E-state index is 14.5. The lowest BCUT2D eigenvalue weighted by molar-refractivity contribution is -0.131. The minimum absolute atomic E-state index is 0.0867. The van der Waals surface area contributed by atoms with E-state index in [1.54, 1.807) is 6.92 Å². The molecule has 2 fully saturated rings. The fourth-order valence-electron chi connectivity index (χ4n) is 6.70. The van der Waals surface area contributed by atoms with Gasteiger partial charge in [0.25, 0.3) is 0 Å². The van der Waals surface area contributed by atoms with Gasteiger partial charge in [0.1, 0.15) is 11.6 Å². The Morgan fingerprint density at radius 3 is 2.83 bits per heavy atom. The van der Waals surface area contributed by atoms with Gasteiger partial charge in [0.05, 0.1) is 24.8 Å². The van der Waals surface area contributed by atoms with Gasteiger partial charge in [0, 0.05) is 60.0 Å². The molecule has 3 aromatic heterocycles. The molecule has 1 N–H and O–H groups in total. The number of ether oxygens (including phenoxy) is 1. The Morgan fingerprint density at radius 2 is 2.05 bits per heavy atom. The molecule has 0 radical (unpaired) electrons. The number of fused-ring (bicyclic) bond motifs is 1. The van der Waals surface area contributed by atoms with Gasteiger partial charge in [-0.15, -0.1) is 0 Å². The van der Waals surface area contributed by atoms with E-state index in [2.05, 4.69) is 46.3 Å². The average molecular weight is 545 g/mol. The summed E-state index contributed by atoms with van der Waals surface area (Å²) in [5.41, 5.74) is 5.73. The molecule has 0 aliphatic carbocycles. The molecule has 3 aromatic rings. The average Bonchev–Trinajstić information content (AvgIpc) is 3.58. The van der Waals surface area contributed by atoms with Crippen molar-refractivity contribution in [3.8, 4) is 17.0 Å². The van der Waals surface area contributed by atoms with Crippen LogP contribution in [0.1, 0.15) is 67.0 Å². The van der Waals surface area contributed by atoms with E-state index in [0.717, 1.165) is 54.6 Å². The van der Waals surface area contributed by atoms with Crippen molar-refractivity contribution >= 4 is 11.7 Å². The summed E-state index contributed by atoms with van der Waals surface area (Å²) in [5.74, 6) is -0.00417. The predicted octanol–water partition coefficient (Wildman–Crippen LogP) is 4.89. The lowest BCUT2D eigenvalue weighted by Crippen LogP contribution is -2.46. The molecule has 6 rings (SSSR count). The number of methoxy groups -OCH3 is 1. The van der Waals surface area contributed by atoms with Crippen LogP contribution in [0.5, 0.6) is 5.88 Å². The van der Waals surface area contributed by atoms with Crippen molar-refractivity contribution in [3.05, 3.63) is 65.0 Å². The van der Waals surface area contributed by atoms with Crippen molar-refractivity contribution in [1.29, 1.82) is 0 Å². The first-order valence-electron chi connectivity index (χ1n) is 14.2. The van der Waals surface area contributed by atoms with E-state index in [1.165, 1.54) is 37.1 Å². The van der Waals surface area contributed by atoms with Crippen LogP contribution in [-0.2, 0) is 11.2 Å². The highest BCUT2D eigenvalue weighted by molar-refractivity contribution is 5.84. The van der Waals surface area contributed by atoms with Crippen molar-refractivity contribution in [2.24, 2.45) is 0 Å². The molecule has 2 saturated heterocycles. The highest BCUT2D eigenvalue weighted by Gasteiger charge is 2.43. The van der Waals surface area contributed by atoms with Crippen LogP contribution in [0.4, 0.5) is 10.2 Å². The SMILES string of the molecule is COc1cc([C@@H](C)C(=O)N2CC[C@@]3(CCc4cc(-c5cncc([C@@H]6CCCN6C)c5)c(C)nc4N3)C2)c(F)cn1. The molecule has 0 aromatic carbocycles. The topological polar surface area (TPSA) is 83.5 Å². The first-order chi connectivity index (χ1) is 19.3. The van der Waals surface area contributed by atoms with Gasteiger partial charge in [-0.3, -0.25) is 14.7 Å². The monoisotopic (exact) mass is 544 g/mol. The fourth-order valence-corrected chi connectivity index (χ4v) is 6.70. The lowest BCUT2D eigenvalue weighted by atomic mass is 9.85. The summed E-state index contributed by atoms with van der Waals surface area (Å²) in [5, 5.41) is 3.72. The summed E-state index contributed by atoms with van der Waals surface area (Å²) in [4.78, 5) is 31.2. The highest BCUT2D eigenvalue weighted by Crippen LogP contribution is 2.40. The third-order valence-corrected chi connectivity index (χ3v) is 9.10. The van der Waals surface area contributed by atoms with Crippen LogP contribution in [0, 0.1) is 12.7 Å². The van der Waals surface area contributed by atoms with Gasteiger partial charge >= 0.3 is 0 Å². The molecule has 0 bridgehead atoms. The van der Waals surface area contributed by atoms with Crippen LogP contribution >= 0.6 is 0 Å². The Kier molecular flexibility index (Phi) is 6.94. The second-order valence-corrected chi connectivity index (χ2v) is 11.7. The van der Waals surface area contributed by atoms with Crippen LogP contribution in [0.15, 0.2) is 36.8 Å². The molecule has 0 saturated carbocycles. The quantitative estimate of drug-likeness (QED) is 0.490. The molecule has 8 nitrogen and oxygen atoms in total. The second-order valence-electron chi connectivity index (χ2n) is 11.7. The first kappa shape index (κ1) is 26.6. The number of carbonyl (C=O) groups excluding carboxylic acids is 1. The van der Waals surface area contributed by atoms with Gasteiger partial charge in [0.2, 0.25) is 11.8 Å². The van der Waals surface area contributed by atoms with E-state index in [1.807, 2.05) is 17.3 Å². The van der Waals surface area contributed by atoms with E-state index in [9.17, 15) is 9.18 Å². The number of likely N-dealkylation sites (tertiary alicyclic amines) is 2. The van der Waals surface area contributed by atoms with Crippen LogP contribution in [0.25, 0.3) is 11.1 Å². The molecule has 210 valence electrons. The maximum Gasteiger partial charge on any atom is 0.230 e. The van der Waals surface area contributed by atoms with E-state index in [4.69, 9.17) is 9.72 Å². The molecular weight excluding hydrogens is 507 g/mol. The van der Waals surface area contributed by atoms with Crippen LogP contribution in [-0.4, -0.2) is 70.0 Å². The van der Waals surface area contributed by atoms with Crippen LogP contribution in [0.2, 0.25) is 0 Å². The lowest BCUT2D eigenvalue weighted by Gasteiger charge is -2.36. The molecule has 1 spiro atoms. The van der Waals surface area contributed by atoms with Gasteiger partial charge in [0.15, 0.2) is 0 Å². The van der Waals surface area contributed by atoms with E-state index < -0.39 is 11.7 Å². The van der Waals surface area contributed by atoms with Gasteiger partial charge < -0.3 is 15.0 Å². The maximum absolute atomic E-state index is 14.5. The number of anilines is 1. The molecule has 0 unspecified atom stereocenters. The Morgan fingerprint density at radius 1 is 1.20 bits per heavy atom. The number of halogens is 1. The largest absolute Gasteiger partial charge is 0.481 e. The Hall–Kier alpha value is -3.59. The third-order valence-electron chi connectivity index (χ3n) is 9.10. The smallest absolute Gasteiger partial charge is 0.230 e. The number of hydrogen-bond acceptors (Lipinski definition) is 7. The number of rotatable bonds is 5. The minimum Gasteiger partial charge on any atom is -0.481 e. The number of pyridine rings is 3. The van der Waals surface area contributed by atoms with Crippen molar-refractivity contribution in [3.63, 3.8) is 0 Å². The number of hydrogen-bond donors (Lipinski definition) is 1. The minimum atomic E-state index is -0.626. The summed E-state index contributed by atoms with van der Waals surface area (Å²) >= 11 is 0. The molecule has 9 heteroatoms. The van der Waals surface area contributed by atoms with Gasteiger partial charge in [-0.05, 0) is 82.8 Å². The first-order valence-corrected chi connectivity index (χ1v) is 14.2. The zero-order valence-corrected chi connectivity index (χ0v) is 23.7. The summed E-state index contributed by atoms with van der Waals surface area (Å²) in [6.45, 7) is 6.12. The second kappa shape index (κ2) is 10.4. The van der Waals surface area contributed by atoms with Gasteiger partial charge in [-0.2, -0.15) is 0 Å². The zero-order chi connectivity index (χ0) is 28.0. The van der Waals surface area contributed by atoms with E-state index in [0.29, 0.717) is 30.6 Å². The molecule has 1 amide bonds. The molecule has 6 heterocycles. The predicted molar refractivity (Wildman–Crippen MR) is 152 cm³/mol. The zero-order valence-electron chi connectivity index (χ0n) is 23.7. The van der Waals surface area contributed by atoms with Gasteiger partial charge in [-0.25, -0.2) is 14.4 Å².